The number of aliphatic hydroxyl groups excluding tert-OH is 1. The first kappa shape index (κ1) is 13.1. The number of nitrogens with two attached hydrogens (primary N) is 1. The monoisotopic (exact) mass is 260 g/mol. The molecule has 4 N–H and O–H groups in total. The molecule has 6 nitrogen and oxygen atoms in total. The molecule has 1 aromatic carbocycles. The van der Waals surface area contributed by atoms with Crippen LogP contribution in [0.4, 0.5) is 5.69 Å². The average Bonchev–Trinajstić information content (AvgIpc) is 2.85. The third-order valence-corrected chi connectivity index (χ3v) is 2.76. The van der Waals surface area contributed by atoms with Crippen molar-refractivity contribution < 1.29 is 9.90 Å². The summed E-state index contributed by atoms with van der Waals surface area (Å²) >= 11 is 0. The highest BCUT2D eigenvalue weighted by molar-refractivity contribution is 5.96. The van der Waals surface area contributed by atoms with Crippen LogP contribution in [0, 0.1) is 0 Å². The summed E-state index contributed by atoms with van der Waals surface area (Å²) in [4.78, 5) is 13.8. The molecule has 0 aliphatic carbocycles. The summed E-state index contributed by atoms with van der Waals surface area (Å²) in [5, 5.41) is 15.4. The lowest BCUT2D eigenvalue weighted by Gasteiger charge is -2.21. The third-order valence-electron chi connectivity index (χ3n) is 2.76. The second-order valence-electron chi connectivity index (χ2n) is 4.14. The van der Waals surface area contributed by atoms with E-state index in [9.17, 15) is 4.79 Å². The molecule has 0 radical (unpaired) electrons. The number of aliphatic hydroxyl groups is 1. The lowest BCUT2D eigenvalue weighted by Crippen LogP contribution is -2.33. The highest BCUT2D eigenvalue weighted by Gasteiger charge is 2.19. The molecule has 0 saturated heterocycles. The maximum Gasteiger partial charge on any atom is 0.274 e. The van der Waals surface area contributed by atoms with E-state index in [1.165, 1.54) is 11.1 Å². The van der Waals surface area contributed by atoms with Crippen LogP contribution < -0.4 is 5.73 Å². The Balaban J connectivity index is 2.16. The van der Waals surface area contributed by atoms with Crippen LogP contribution in [0.3, 0.4) is 0 Å². The quantitative estimate of drug-likeness (QED) is 0.734. The highest BCUT2D eigenvalue weighted by atomic mass is 16.3. The van der Waals surface area contributed by atoms with E-state index in [0.717, 1.165) is 5.56 Å². The van der Waals surface area contributed by atoms with E-state index in [1.807, 2.05) is 30.3 Å². The first-order valence-corrected chi connectivity index (χ1v) is 5.95. The van der Waals surface area contributed by atoms with Crippen LogP contribution in [-0.2, 0) is 6.54 Å². The van der Waals surface area contributed by atoms with Crippen molar-refractivity contribution in [3.8, 4) is 0 Å². The molecule has 0 aliphatic heterocycles. The number of aromatic amines is 1. The van der Waals surface area contributed by atoms with Crippen molar-refractivity contribution in [3.05, 3.63) is 47.8 Å². The number of nitrogens with one attached hydrogen (secondary N) is 1. The van der Waals surface area contributed by atoms with Gasteiger partial charge in [0.15, 0.2) is 0 Å². The van der Waals surface area contributed by atoms with Crippen LogP contribution in [0.1, 0.15) is 16.1 Å². The van der Waals surface area contributed by atoms with Crippen molar-refractivity contribution in [1.82, 2.24) is 15.1 Å². The number of benzene rings is 1. The molecular weight excluding hydrogens is 244 g/mol. The Labute approximate surface area is 110 Å². The molecule has 1 amide bonds. The van der Waals surface area contributed by atoms with E-state index in [1.54, 1.807) is 0 Å². The van der Waals surface area contributed by atoms with Gasteiger partial charge in [0.05, 0.1) is 18.5 Å². The van der Waals surface area contributed by atoms with E-state index >= 15 is 0 Å². The van der Waals surface area contributed by atoms with Gasteiger partial charge < -0.3 is 15.7 Å². The van der Waals surface area contributed by atoms with Crippen LogP contribution in [0.5, 0.6) is 0 Å². The zero-order chi connectivity index (χ0) is 13.7. The van der Waals surface area contributed by atoms with Crippen molar-refractivity contribution in [2.45, 2.75) is 6.54 Å². The second kappa shape index (κ2) is 6.01. The maximum atomic E-state index is 12.3. The summed E-state index contributed by atoms with van der Waals surface area (Å²) in [6, 6.07) is 9.57. The molecule has 1 heterocycles. The molecular formula is C13H16N4O2. The Hall–Kier alpha value is -2.34. The standard InChI is InChI=1S/C13H16N4O2/c14-11-8-15-16-12(11)13(19)17(6-7-18)9-10-4-2-1-3-5-10/h1-5,8,18H,6-7,9,14H2,(H,15,16). The number of nitrogens with zero attached hydrogens (tertiary/aromatic N) is 2. The maximum absolute atomic E-state index is 12.3. The van der Waals surface area contributed by atoms with Gasteiger partial charge in [-0.25, -0.2) is 0 Å². The van der Waals surface area contributed by atoms with E-state index in [2.05, 4.69) is 10.2 Å². The zero-order valence-electron chi connectivity index (χ0n) is 10.4. The van der Waals surface area contributed by atoms with Gasteiger partial charge in [0.25, 0.3) is 5.91 Å². The molecule has 0 bridgehead atoms. The number of H-pyrrole nitrogens is 1. The number of carbonyl (C=O) groups excluding carboxylic acids is 1. The molecule has 0 atom stereocenters. The second-order valence-corrected chi connectivity index (χ2v) is 4.14. The minimum Gasteiger partial charge on any atom is -0.396 e. The minimum absolute atomic E-state index is 0.105. The van der Waals surface area contributed by atoms with Gasteiger partial charge >= 0.3 is 0 Å². The van der Waals surface area contributed by atoms with Gasteiger partial charge in [-0.2, -0.15) is 5.10 Å². The summed E-state index contributed by atoms with van der Waals surface area (Å²) in [5.41, 5.74) is 7.21. The van der Waals surface area contributed by atoms with Crippen molar-refractivity contribution >= 4 is 11.6 Å². The predicted molar refractivity (Wildman–Crippen MR) is 71.3 cm³/mol. The lowest BCUT2D eigenvalue weighted by molar-refractivity contribution is 0.0703. The number of carbonyl (C=O) groups is 1. The largest absolute Gasteiger partial charge is 0.396 e. The van der Waals surface area contributed by atoms with Gasteiger partial charge in [0.1, 0.15) is 5.69 Å². The van der Waals surface area contributed by atoms with Gasteiger partial charge in [-0.15, -0.1) is 0 Å². The summed E-state index contributed by atoms with van der Waals surface area (Å²) in [7, 11) is 0. The average molecular weight is 260 g/mol. The molecule has 0 fully saturated rings. The molecule has 0 aliphatic rings. The molecule has 2 aromatic rings. The zero-order valence-corrected chi connectivity index (χ0v) is 10.4. The molecule has 100 valence electrons. The molecule has 2 rings (SSSR count). The van der Waals surface area contributed by atoms with Gasteiger partial charge in [0, 0.05) is 13.1 Å². The first-order valence-electron chi connectivity index (χ1n) is 5.95. The smallest absolute Gasteiger partial charge is 0.274 e. The van der Waals surface area contributed by atoms with E-state index in [-0.39, 0.29) is 24.8 Å². The molecule has 19 heavy (non-hydrogen) atoms. The van der Waals surface area contributed by atoms with Crippen LogP contribution in [0.2, 0.25) is 0 Å². The SMILES string of the molecule is Nc1cn[nH]c1C(=O)N(CCO)Cc1ccccc1. The number of anilines is 1. The van der Waals surface area contributed by atoms with Crippen molar-refractivity contribution in [3.63, 3.8) is 0 Å². The topological polar surface area (TPSA) is 95.2 Å². The Bertz CT molecular complexity index is 539. The van der Waals surface area contributed by atoms with Crippen molar-refractivity contribution in [1.29, 1.82) is 0 Å². The van der Waals surface area contributed by atoms with Crippen molar-refractivity contribution in [2.75, 3.05) is 18.9 Å². The fourth-order valence-electron chi connectivity index (χ4n) is 1.80. The van der Waals surface area contributed by atoms with Crippen LogP contribution in [0.25, 0.3) is 0 Å². The van der Waals surface area contributed by atoms with E-state index in [0.29, 0.717) is 12.2 Å². The molecule has 1 aromatic heterocycles. The summed E-state index contributed by atoms with van der Waals surface area (Å²) in [6.45, 7) is 0.553. The van der Waals surface area contributed by atoms with Crippen LogP contribution >= 0.6 is 0 Å². The fraction of sp³-hybridized carbons (Fsp3) is 0.231. The summed E-state index contributed by atoms with van der Waals surface area (Å²) in [5.74, 6) is -0.270. The minimum atomic E-state index is -0.270. The first-order chi connectivity index (χ1) is 9.22. The third kappa shape index (κ3) is 3.11. The van der Waals surface area contributed by atoms with Crippen molar-refractivity contribution in [2.24, 2.45) is 0 Å². The Morgan fingerprint density at radius 2 is 2.11 bits per heavy atom. The normalized spacial score (nSPS) is 10.4. The number of aromatic nitrogens is 2. The van der Waals surface area contributed by atoms with Crippen LogP contribution in [0.15, 0.2) is 36.5 Å². The molecule has 6 heteroatoms. The highest BCUT2D eigenvalue weighted by Crippen LogP contribution is 2.12. The summed E-state index contributed by atoms with van der Waals surface area (Å²) < 4.78 is 0. The number of hydrogen-bond donors (Lipinski definition) is 3. The Morgan fingerprint density at radius 1 is 1.37 bits per heavy atom. The number of nitrogen functional groups attached to an aromatic ring is 1. The number of amides is 1. The summed E-state index contributed by atoms with van der Waals surface area (Å²) in [6.07, 6.45) is 1.40. The van der Waals surface area contributed by atoms with Gasteiger partial charge in [-0.05, 0) is 5.56 Å². The van der Waals surface area contributed by atoms with E-state index < -0.39 is 0 Å². The van der Waals surface area contributed by atoms with Gasteiger partial charge in [-0.1, -0.05) is 30.3 Å². The fourth-order valence-corrected chi connectivity index (χ4v) is 1.80. The predicted octanol–water partition coefficient (Wildman–Crippen LogP) is 0.627. The Kier molecular flexibility index (Phi) is 4.15. The molecule has 0 spiro atoms. The van der Waals surface area contributed by atoms with Crippen LogP contribution in [-0.4, -0.2) is 39.3 Å². The van der Waals surface area contributed by atoms with Gasteiger partial charge in [-0.3, -0.25) is 9.89 Å². The van der Waals surface area contributed by atoms with Gasteiger partial charge in [0.2, 0.25) is 0 Å². The Morgan fingerprint density at radius 3 is 2.68 bits per heavy atom. The lowest BCUT2D eigenvalue weighted by atomic mass is 10.2. The van der Waals surface area contributed by atoms with E-state index in [4.69, 9.17) is 10.8 Å². The number of hydrogen-bond acceptors (Lipinski definition) is 4. The molecule has 0 saturated carbocycles. The molecule has 0 unspecified atom stereocenters. The number of rotatable bonds is 5.